The van der Waals surface area contributed by atoms with Gasteiger partial charge in [-0.3, -0.25) is 34.3 Å². The van der Waals surface area contributed by atoms with Crippen LogP contribution in [0.3, 0.4) is 0 Å². The molecule has 0 rings (SSSR count). The highest BCUT2D eigenvalue weighted by molar-refractivity contribution is 5.73. The van der Waals surface area contributed by atoms with Crippen LogP contribution < -0.4 is 5.32 Å². The van der Waals surface area contributed by atoms with Gasteiger partial charge in [0.25, 0.3) is 0 Å². The maximum absolute atomic E-state index is 10.6. The number of aliphatic carboxylic acids is 4. The van der Waals surface area contributed by atoms with E-state index in [0.717, 1.165) is 9.80 Å². The molecule has 0 bridgehead atoms. The van der Waals surface area contributed by atoms with Crippen molar-refractivity contribution in [3.63, 3.8) is 0 Å². The number of nitrogens with one attached hydrogen (secondary N) is 1. The summed E-state index contributed by atoms with van der Waals surface area (Å²) in [6.07, 6.45) is 0. The van der Waals surface area contributed by atoms with Crippen LogP contribution >= 0.6 is 0 Å². The topological polar surface area (TPSA) is 168 Å². The standard InChI is InChI=1S/C10H17N3O8/c14-7(15)1-12(2-8(16)17)5-11-6-13(3-9(18)19)4-10(20)21/h11H,1-6H2,(H,14,15)(H,16,17)(H,18,19)(H,20,21). The summed E-state index contributed by atoms with van der Waals surface area (Å²) >= 11 is 0. The zero-order valence-corrected chi connectivity index (χ0v) is 11.1. The number of carboxylic acid groups (broad SMARTS) is 4. The molecule has 0 heterocycles. The molecule has 0 aliphatic carbocycles. The van der Waals surface area contributed by atoms with Gasteiger partial charge in [-0.25, -0.2) is 0 Å². The first kappa shape index (κ1) is 18.8. The van der Waals surface area contributed by atoms with Crippen LogP contribution in [0, 0.1) is 0 Å². The van der Waals surface area contributed by atoms with E-state index in [0.29, 0.717) is 0 Å². The Hall–Kier alpha value is -2.24. The quantitative estimate of drug-likeness (QED) is 0.240. The van der Waals surface area contributed by atoms with Crippen LogP contribution in [0.4, 0.5) is 0 Å². The fourth-order valence-corrected chi connectivity index (χ4v) is 1.47. The Kier molecular flexibility index (Phi) is 8.60. The normalized spacial score (nSPS) is 10.8. The van der Waals surface area contributed by atoms with E-state index in [1.807, 2.05) is 0 Å². The van der Waals surface area contributed by atoms with Gasteiger partial charge in [0.15, 0.2) is 0 Å². The lowest BCUT2D eigenvalue weighted by atomic mass is 10.5. The molecule has 5 N–H and O–H groups in total. The summed E-state index contributed by atoms with van der Waals surface area (Å²) in [5.74, 6) is -4.87. The van der Waals surface area contributed by atoms with Gasteiger partial charge >= 0.3 is 23.9 Å². The van der Waals surface area contributed by atoms with Gasteiger partial charge in [0, 0.05) is 0 Å². The lowest BCUT2D eigenvalue weighted by Crippen LogP contribution is -2.46. The Balaban J connectivity index is 4.34. The van der Waals surface area contributed by atoms with Gasteiger partial charge in [-0.1, -0.05) is 0 Å². The van der Waals surface area contributed by atoms with Crippen molar-refractivity contribution in [2.45, 2.75) is 0 Å². The monoisotopic (exact) mass is 307 g/mol. The molecule has 11 nitrogen and oxygen atoms in total. The Morgan fingerprint density at radius 2 is 0.857 bits per heavy atom. The van der Waals surface area contributed by atoms with Gasteiger partial charge in [0.2, 0.25) is 0 Å². The van der Waals surface area contributed by atoms with Crippen LogP contribution in [0.5, 0.6) is 0 Å². The molecule has 0 aliphatic heterocycles. The third-order valence-electron chi connectivity index (χ3n) is 2.11. The van der Waals surface area contributed by atoms with Crippen LogP contribution in [0.2, 0.25) is 0 Å². The summed E-state index contributed by atoms with van der Waals surface area (Å²) in [6, 6.07) is 0. The number of carbonyl (C=O) groups is 4. The lowest BCUT2D eigenvalue weighted by molar-refractivity contribution is -0.143. The number of carboxylic acids is 4. The minimum Gasteiger partial charge on any atom is -0.480 e. The van der Waals surface area contributed by atoms with Gasteiger partial charge in [0.05, 0.1) is 39.5 Å². The van der Waals surface area contributed by atoms with Crippen molar-refractivity contribution in [1.82, 2.24) is 15.1 Å². The Morgan fingerprint density at radius 3 is 1.05 bits per heavy atom. The largest absolute Gasteiger partial charge is 0.480 e. The molecule has 0 fully saturated rings. The average molecular weight is 307 g/mol. The van der Waals surface area contributed by atoms with Crippen molar-refractivity contribution < 1.29 is 39.6 Å². The molecule has 0 radical (unpaired) electrons. The van der Waals surface area contributed by atoms with E-state index in [4.69, 9.17) is 20.4 Å². The number of hydrogen-bond donors (Lipinski definition) is 5. The second kappa shape index (κ2) is 9.63. The predicted molar refractivity (Wildman–Crippen MR) is 66.6 cm³/mol. The van der Waals surface area contributed by atoms with Crippen LogP contribution in [0.1, 0.15) is 0 Å². The molecule has 0 unspecified atom stereocenters. The van der Waals surface area contributed by atoms with Crippen LogP contribution in [0.15, 0.2) is 0 Å². The minimum atomic E-state index is -1.22. The maximum atomic E-state index is 10.6. The van der Waals surface area contributed by atoms with Crippen molar-refractivity contribution in [2.24, 2.45) is 0 Å². The first-order chi connectivity index (χ1) is 9.70. The first-order valence-corrected chi connectivity index (χ1v) is 5.73. The molecule has 0 aromatic carbocycles. The molecule has 0 spiro atoms. The third-order valence-corrected chi connectivity index (χ3v) is 2.11. The molecule has 0 aromatic heterocycles. The molecule has 11 heteroatoms. The first-order valence-electron chi connectivity index (χ1n) is 5.73. The summed E-state index contributed by atoms with van der Waals surface area (Å²) in [6.45, 7) is -2.36. The summed E-state index contributed by atoms with van der Waals surface area (Å²) < 4.78 is 0. The Morgan fingerprint density at radius 1 is 0.619 bits per heavy atom. The van der Waals surface area contributed by atoms with Gasteiger partial charge in [-0.15, -0.1) is 0 Å². The fourth-order valence-electron chi connectivity index (χ4n) is 1.47. The number of hydrogen-bond acceptors (Lipinski definition) is 7. The molecule has 0 saturated carbocycles. The highest BCUT2D eigenvalue weighted by Gasteiger charge is 2.15. The predicted octanol–water partition coefficient (Wildman–Crippen LogP) is -2.57. The van der Waals surface area contributed by atoms with Crippen molar-refractivity contribution in [2.75, 3.05) is 39.5 Å². The zero-order valence-electron chi connectivity index (χ0n) is 11.1. The van der Waals surface area contributed by atoms with E-state index in [1.54, 1.807) is 0 Å². The van der Waals surface area contributed by atoms with Crippen molar-refractivity contribution >= 4 is 23.9 Å². The molecule has 0 atom stereocenters. The zero-order chi connectivity index (χ0) is 16.4. The fraction of sp³-hybridized carbons (Fsp3) is 0.600. The smallest absolute Gasteiger partial charge is 0.317 e. The summed E-state index contributed by atoms with van der Waals surface area (Å²) in [7, 11) is 0. The van der Waals surface area contributed by atoms with Crippen LogP contribution in [-0.2, 0) is 19.2 Å². The van der Waals surface area contributed by atoms with Crippen molar-refractivity contribution in [3.8, 4) is 0 Å². The van der Waals surface area contributed by atoms with E-state index in [-0.39, 0.29) is 13.3 Å². The SMILES string of the molecule is O=C(O)CN(CNCN(CC(=O)O)CC(=O)O)CC(=O)O. The second-order valence-corrected chi connectivity index (χ2v) is 4.12. The van der Waals surface area contributed by atoms with Gasteiger partial charge < -0.3 is 20.4 Å². The van der Waals surface area contributed by atoms with E-state index in [9.17, 15) is 19.2 Å². The molecule has 21 heavy (non-hydrogen) atoms. The Bertz CT molecular complexity index is 332. The van der Waals surface area contributed by atoms with Gasteiger partial charge in [-0.2, -0.15) is 0 Å². The van der Waals surface area contributed by atoms with Crippen molar-refractivity contribution in [3.05, 3.63) is 0 Å². The van der Waals surface area contributed by atoms with Crippen molar-refractivity contribution in [1.29, 1.82) is 0 Å². The summed E-state index contributed by atoms with van der Waals surface area (Å²) in [5.41, 5.74) is 0. The number of rotatable bonds is 12. The van der Waals surface area contributed by atoms with Gasteiger partial charge in [0.1, 0.15) is 0 Å². The van der Waals surface area contributed by atoms with E-state index >= 15 is 0 Å². The van der Waals surface area contributed by atoms with E-state index in [1.165, 1.54) is 0 Å². The Labute approximate surface area is 119 Å². The third kappa shape index (κ3) is 11.3. The molecule has 0 saturated heterocycles. The highest BCUT2D eigenvalue weighted by atomic mass is 16.4. The number of nitrogens with zero attached hydrogens (tertiary/aromatic N) is 2. The summed E-state index contributed by atoms with van der Waals surface area (Å²) in [5, 5.41) is 37.1. The van der Waals surface area contributed by atoms with Gasteiger partial charge in [-0.05, 0) is 0 Å². The van der Waals surface area contributed by atoms with E-state index in [2.05, 4.69) is 5.32 Å². The molecular weight excluding hydrogens is 290 g/mol. The minimum absolute atomic E-state index is 0.145. The molecule has 0 aromatic rings. The molecular formula is C10H17N3O8. The van der Waals surface area contributed by atoms with Crippen LogP contribution in [-0.4, -0.2) is 93.6 Å². The molecule has 0 amide bonds. The average Bonchev–Trinajstić information content (AvgIpc) is 2.24. The molecule has 120 valence electrons. The van der Waals surface area contributed by atoms with Crippen LogP contribution in [0.25, 0.3) is 0 Å². The van der Waals surface area contributed by atoms with E-state index < -0.39 is 50.1 Å². The highest BCUT2D eigenvalue weighted by Crippen LogP contribution is 1.89. The molecule has 0 aliphatic rings. The lowest BCUT2D eigenvalue weighted by Gasteiger charge is -2.22. The summed E-state index contributed by atoms with van der Waals surface area (Å²) in [4.78, 5) is 44.3. The second-order valence-electron chi connectivity index (χ2n) is 4.12. The maximum Gasteiger partial charge on any atom is 0.317 e.